The Morgan fingerprint density at radius 3 is 2.86 bits per heavy atom. The van der Waals surface area contributed by atoms with Gasteiger partial charge in [-0.15, -0.1) is 0 Å². The topological polar surface area (TPSA) is 92.4 Å². The standard InChI is InChI=1S/C19H27N3O4S2/c1-4-13(3)22(14-8-9-28(24,25)12-14)18(23)11-27-19-20-16-7-6-15(26-5-2)10-17(16)21-19/h6-7,10,13-14H,4-5,8-9,11-12H2,1-3H3,(H,20,21)/t13-,14+/m0/s1. The lowest BCUT2D eigenvalue weighted by Crippen LogP contribution is -2.47. The molecule has 2 heterocycles. The van der Waals surface area contributed by atoms with Gasteiger partial charge < -0.3 is 14.6 Å². The van der Waals surface area contributed by atoms with E-state index in [0.29, 0.717) is 18.2 Å². The summed E-state index contributed by atoms with van der Waals surface area (Å²) in [6.45, 7) is 6.52. The number of carbonyl (C=O) groups excluding carboxylic acids is 1. The van der Waals surface area contributed by atoms with Crippen molar-refractivity contribution in [2.45, 2.75) is 50.9 Å². The number of rotatable bonds is 8. The van der Waals surface area contributed by atoms with Gasteiger partial charge in [0.1, 0.15) is 5.75 Å². The molecule has 2 atom stereocenters. The van der Waals surface area contributed by atoms with E-state index >= 15 is 0 Å². The number of ether oxygens (including phenoxy) is 1. The van der Waals surface area contributed by atoms with E-state index in [1.807, 2.05) is 39.0 Å². The first-order valence-corrected chi connectivity index (χ1v) is 12.4. The van der Waals surface area contributed by atoms with Crippen molar-refractivity contribution in [3.05, 3.63) is 18.2 Å². The van der Waals surface area contributed by atoms with Gasteiger partial charge in [0.25, 0.3) is 0 Å². The number of carbonyl (C=O) groups is 1. The summed E-state index contributed by atoms with van der Waals surface area (Å²) in [5, 5.41) is 0.667. The lowest BCUT2D eigenvalue weighted by Gasteiger charge is -2.33. The molecule has 0 aliphatic carbocycles. The van der Waals surface area contributed by atoms with E-state index in [9.17, 15) is 13.2 Å². The van der Waals surface area contributed by atoms with E-state index < -0.39 is 9.84 Å². The molecule has 1 amide bonds. The van der Waals surface area contributed by atoms with Crippen LogP contribution in [0.3, 0.4) is 0 Å². The molecule has 1 aliphatic heterocycles. The number of sulfone groups is 1. The molecule has 9 heteroatoms. The lowest BCUT2D eigenvalue weighted by molar-refractivity contribution is -0.132. The Morgan fingerprint density at radius 2 is 2.21 bits per heavy atom. The molecule has 1 fully saturated rings. The molecular weight excluding hydrogens is 398 g/mol. The van der Waals surface area contributed by atoms with Gasteiger partial charge in [-0.05, 0) is 38.8 Å². The zero-order valence-corrected chi connectivity index (χ0v) is 18.1. The summed E-state index contributed by atoms with van der Waals surface area (Å²) in [6, 6.07) is 5.44. The fourth-order valence-corrected chi connectivity index (χ4v) is 5.96. The molecule has 2 aromatic rings. The summed E-state index contributed by atoms with van der Waals surface area (Å²) in [6.07, 6.45) is 1.31. The highest BCUT2D eigenvalue weighted by molar-refractivity contribution is 7.99. The molecule has 1 aliphatic rings. The fraction of sp³-hybridized carbons (Fsp3) is 0.579. The molecule has 1 saturated heterocycles. The van der Waals surface area contributed by atoms with Gasteiger partial charge >= 0.3 is 0 Å². The monoisotopic (exact) mass is 425 g/mol. The van der Waals surface area contributed by atoms with E-state index in [1.165, 1.54) is 11.8 Å². The van der Waals surface area contributed by atoms with Crippen molar-refractivity contribution < 1.29 is 17.9 Å². The zero-order chi connectivity index (χ0) is 20.3. The van der Waals surface area contributed by atoms with Crippen LogP contribution in [0, 0.1) is 0 Å². The van der Waals surface area contributed by atoms with Gasteiger partial charge in [-0.3, -0.25) is 4.79 Å². The van der Waals surface area contributed by atoms with E-state index in [-0.39, 0.29) is 35.2 Å². The van der Waals surface area contributed by atoms with Gasteiger partial charge in [0.05, 0.1) is 34.9 Å². The molecule has 0 radical (unpaired) electrons. The van der Waals surface area contributed by atoms with Crippen LogP contribution in [0.15, 0.2) is 23.4 Å². The summed E-state index contributed by atoms with van der Waals surface area (Å²) in [5.74, 6) is 1.18. The SMILES string of the molecule is CCOc1ccc2nc(SCC(=O)N([C@@H]3CCS(=O)(=O)C3)[C@@H](C)CC)[nH]c2c1. The van der Waals surface area contributed by atoms with E-state index in [0.717, 1.165) is 23.2 Å². The highest BCUT2D eigenvalue weighted by Gasteiger charge is 2.36. The molecule has 1 aromatic heterocycles. The maximum Gasteiger partial charge on any atom is 0.233 e. The molecule has 1 aromatic carbocycles. The number of aromatic amines is 1. The number of thioether (sulfide) groups is 1. The molecule has 7 nitrogen and oxygen atoms in total. The second-order valence-corrected chi connectivity index (χ2v) is 10.3. The molecule has 0 saturated carbocycles. The largest absolute Gasteiger partial charge is 0.494 e. The summed E-state index contributed by atoms with van der Waals surface area (Å²) in [4.78, 5) is 22.4. The van der Waals surface area contributed by atoms with E-state index in [4.69, 9.17) is 4.74 Å². The van der Waals surface area contributed by atoms with Crippen molar-refractivity contribution in [1.29, 1.82) is 0 Å². The van der Waals surface area contributed by atoms with Crippen LogP contribution >= 0.6 is 11.8 Å². The quantitative estimate of drug-likeness (QED) is 0.654. The molecule has 0 unspecified atom stereocenters. The van der Waals surface area contributed by atoms with Crippen LogP contribution in [0.2, 0.25) is 0 Å². The number of H-pyrrole nitrogens is 1. The number of nitrogens with zero attached hydrogens (tertiary/aromatic N) is 2. The second kappa shape index (κ2) is 8.73. The number of hydrogen-bond donors (Lipinski definition) is 1. The third-order valence-corrected chi connectivity index (χ3v) is 7.64. The van der Waals surface area contributed by atoms with Gasteiger partial charge in [0.15, 0.2) is 15.0 Å². The smallest absolute Gasteiger partial charge is 0.233 e. The van der Waals surface area contributed by atoms with Crippen molar-refractivity contribution >= 4 is 38.5 Å². The Hall–Kier alpha value is -1.74. The highest BCUT2D eigenvalue weighted by atomic mass is 32.2. The van der Waals surface area contributed by atoms with Crippen LogP contribution in [0.4, 0.5) is 0 Å². The van der Waals surface area contributed by atoms with Crippen molar-refractivity contribution in [3.63, 3.8) is 0 Å². The van der Waals surface area contributed by atoms with Crippen LogP contribution in [0.1, 0.15) is 33.6 Å². The molecule has 28 heavy (non-hydrogen) atoms. The maximum absolute atomic E-state index is 12.9. The maximum atomic E-state index is 12.9. The van der Waals surface area contributed by atoms with Crippen LogP contribution in [-0.2, 0) is 14.6 Å². The van der Waals surface area contributed by atoms with Crippen LogP contribution in [0.5, 0.6) is 5.75 Å². The summed E-state index contributed by atoms with van der Waals surface area (Å²) < 4.78 is 29.2. The number of fused-ring (bicyclic) bond motifs is 1. The molecule has 154 valence electrons. The molecule has 0 spiro atoms. The van der Waals surface area contributed by atoms with Gasteiger partial charge in [-0.1, -0.05) is 18.7 Å². The number of nitrogens with one attached hydrogen (secondary N) is 1. The van der Waals surface area contributed by atoms with E-state index in [2.05, 4.69) is 9.97 Å². The van der Waals surface area contributed by atoms with Crippen molar-refractivity contribution in [1.82, 2.24) is 14.9 Å². The van der Waals surface area contributed by atoms with Gasteiger partial charge in [-0.2, -0.15) is 0 Å². The van der Waals surface area contributed by atoms with Crippen LogP contribution in [0.25, 0.3) is 11.0 Å². The fourth-order valence-electron chi connectivity index (χ4n) is 3.50. The van der Waals surface area contributed by atoms with E-state index in [1.54, 1.807) is 4.90 Å². The Kier molecular flexibility index (Phi) is 6.54. The second-order valence-electron chi connectivity index (χ2n) is 7.06. The van der Waals surface area contributed by atoms with Gasteiger partial charge in [0.2, 0.25) is 5.91 Å². The number of aromatic nitrogens is 2. The molecule has 1 N–H and O–H groups in total. The Morgan fingerprint density at radius 1 is 1.43 bits per heavy atom. The predicted octanol–water partition coefficient (Wildman–Crippen LogP) is 2.87. The Bertz CT molecular complexity index is 942. The normalized spacial score (nSPS) is 19.6. The molecular formula is C19H27N3O4S2. The first-order valence-electron chi connectivity index (χ1n) is 9.60. The van der Waals surface area contributed by atoms with Crippen molar-refractivity contribution in [2.75, 3.05) is 23.9 Å². The van der Waals surface area contributed by atoms with Gasteiger partial charge in [-0.25, -0.2) is 13.4 Å². The molecule has 0 bridgehead atoms. The first-order chi connectivity index (χ1) is 13.3. The number of benzene rings is 1. The van der Waals surface area contributed by atoms with Crippen molar-refractivity contribution in [2.24, 2.45) is 0 Å². The zero-order valence-electron chi connectivity index (χ0n) is 16.5. The lowest BCUT2D eigenvalue weighted by atomic mass is 10.1. The minimum absolute atomic E-state index is 0.0100. The average molecular weight is 426 g/mol. The minimum atomic E-state index is -3.04. The van der Waals surface area contributed by atoms with Gasteiger partial charge in [0, 0.05) is 18.2 Å². The summed E-state index contributed by atoms with van der Waals surface area (Å²) in [5.41, 5.74) is 1.68. The Balaban J connectivity index is 1.69. The number of amides is 1. The van der Waals surface area contributed by atoms with Crippen molar-refractivity contribution in [3.8, 4) is 5.75 Å². The highest BCUT2D eigenvalue weighted by Crippen LogP contribution is 2.26. The third kappa shape index (κ3) is 4.81. The Labute approximate surface area is 170 Å². The molecule has 3 rings (SSSR count). The number of imidazole rings is 1. The number of hydrogen-bond acceptors (Lipinski definition) is 6. The first kappa shape index (κ1) is 21.0. The predicted molar refractivity (Wildman–Crippen MR) is 112 cm³/mol. The third-order valence-electron chi connectivity index (χ3n) is 5.03. The average Bonchev–Trinajstić information content (AvgIpc) is 3.22. The van der Waals surface area contributed by atoms with Crippen LogP contribution in [-0.4, -0.2) is 65.1 Å². The summed E-state index contributed by atoms with van der Waals surface area (Å²) in [7, 11) is -3.04. The van der Waals surface area contributed by atoms with Crippen LogP contribution < -0.4 is 4.74 Å². The minimum Gasteiger partial charge on any atom is -0.494 e. The summed E-state index contributed by atoms with van der Waals surface area (Å²) >= 11 is 1.34.